The normalized spacial score (nSPS) is 13.9. The third-order valence-corrected chi connectivity index (χ3v) is 5.33. The van der Waals surface area contributed by atoms with Gasteiger partial charge in [-0.1, -0.05) is 12.1 Å². The molecule has 0 radical (unpaired) electrons. The van der Waals surface area contributed by atoms with Crippen molar-refractivity contribution in [3.05, 3.63) is 66.5 Å². The molecule has 0 N–H and O–H groups in total. The highest BCUT2D eigenvalue weighted by molar-refractivity contribution is 5.94. The van der Waals surface area contributed by atoms with E-state index in [1.54, 1.807) is 13.1 Å². The molecule has 0 bridgehead atoms. The SMILES string of the molecule is CCOc1ccccc1-c1cncc(N2CCN(c3ccc(C(C)=O)cc3)CC2)n1. The Morgan fingerprint density at radius 1 is 0.967 bits per heavy atom. The molecular formula is C24H26N4O2. The maximum absolute atomic E-state index is 11.5. The van der Waals surface area contributed by atoms with Gasteiger partial charge in [0, 0.05) is 43.0 Å². The van der Waals surface area contributed by atoms with Crippen LogP contribution in [0.5, 0.6) is 5.75 Å². The van der Waals surface area contributed by atoms with E-state index in [-0.39, 0.29) is 5.78 Å². The second kappa shape index (κ2) is 8.95. The highest BCUT2D eigenvalue weighted by atomic mass is 16.5. The van der Waals surface area contributed by atoms with Gasteiger partial charge in [0.2, 0.25) is 0 Å². The van der Waals surface area contributed by atoms with Crippen LogP contribution >= 0.6 is 0 Å². The first-order valence-corrected chi connectivity index (χ1v) is 10.3. The van der Waals surface area contributed by atoms with Gasteiger partial charge in [0.1, 0.15) is 11.6 Å². The summed E-state index contributed by atoms with van der Waals surface area (Å²) in [5, 5.41) is 0. The van der Waals surface area contributed by atoms with Crippen LogP contribution < -0.4 is 14.5 Å². The van der Waals surface area contributed by atoms with Crippen LogP contribution in [0.2, 0.25) is 0 Å². The zero-order valence-electron chi connectivity index (χ0n) is 17.4. The molecule has 0 unspecified atom stereocenters. The smallest absolute Gasteiger partial charge is 0.159 e. The number of hydrogen-bond acceptors (Lipinski definition) is 6. The number of carbonyl (C=O) groups is 1. The van der Waals surface area contributed by atoms with E-state index in [1.807, 2.05) is 61.7 Å². The highest BCUT2D eigenvalue weighted by Gasteiger charge is 2.19. The third-order valence-electron chi connectivity index (χ3n) is 5.33. The molecular weight excluding hydrogens is 376 g/mol. The van der Waals surface area contributed by atoms with Crippen LogP contribution in [-0.4, -0.2) is 48.5 Å². The largest absolute Gasteiger partial charge is 0.493 e. The third kappa shape index (κ3) is 4.27. The van der Waals surface area contributed by atoms with Crippen molar-refractivity contribution in [2.45, 2.75) is 13.8 Å². The molecule has 2 aromatic carbocycles. The van der Waals surface area contributed by atoms with Gasteiger partial charge in [0.25, 0.3) is 0 Å². The van der Waals surface area contributed by atoms with Gasteiger partial charge in [-0.25, -0.2) is 4.98 Å². The number of rotatable bonds is 6. The van der Waals surface area contributed by atoms with Gasteiger partial charge in [-0.3, -0.25) is 9.78 Å². The number of Topliss-reactive ketones (excluding diaryl/α,β-unsaturated/α-hetero) is 1. The molecule has 0 amide bonds. The average Bonchev–Trinajstić information content (AvgIpc) is 2.80. The van der Waals surface area contributed by atoms with E-state index in [9.17, 15) is 4.79 Å². The lowest BCUT2D eigenvalue weighted by atomic mass is 10.1. The Morgan fingerprint density at radius 2 is 1.67 bits per heavy atom. The predicted octanol–water partition coefficient (Wildman–Crippen LogP) is 4.07. The maximum Gasteiger partial charge on any atom is 0.159 e. The minimum atomic E-state index is 0.0933. The fourth-order valence-corrected chi connectivity index (χ4v) is 3.70. The molecule has 1 aliphatic heterocycles. The molecule has 30 heavy (non-hydrogen) atoms. The summed E-state index contributed by atoms with van der Waals surface area (Å²) >= 11 is 0. The van der Waals surface area contributed by atoms with Crippen molar-refractivity contribution in [3.63, 3.8) is 0 Å². The van der Waals surface area contributed by atoms with E-state index in [1.165, 1.54) is 0 Å². The molecule has 154 valence electrons. The first kappa shape index (κ1) is 19.9. The van der Waals surface area contributed by atoms with Crippen molar-refractivity contribution in [2.75, 3.05) is 42.6 Å². The summed E-state index contributed by atoms with van der Waals surface area (Å²) in [6.45, 7) is 7.68. The summed E-state index contributed by atoms with van der Waals surface area (Å²) in [6, 6.07) is 15.8. The topological polar surface area (TPSA) is 58.6 Å². The lowest BCUT2D eigenvalue weighted by molar-refractivity contribution is 0.101. The Bertz CT molecular complexity index is 1010. The van der Waals surface area contributed by atoms with Gasteiger partial charge in [-0.05, 0) is 50.2 Å². The fourth-order valence-electron chi connectivity index (χ4n) is 3.70. The number of anilines is 2. The molecule has 1 fully saturated rings. The van der Waals surface area contributed by atoms with Gasteiger partial charge in [0.15, 0.2) is 5.78 Å². The molecule has 0 spiro atoms. The lowest BCUT2D eigenvalue weighted by Crippen LogP contribution is -2.46. The Kier molecular flexibility index (Phi) is 5.93. The van der Waals surface area contributed by atoms with Crippen molar-refractivity contribution in [2.24, 2.45) is 0 Å². The van der Waals surface area contributed by atoms with Crippen molar-refractivity contribution < 1.29 is 9.53 Å². The molecule has 2 heterocycles. The van der Waals surface area contributed by atoms with E-state index in [2.05, 4.69) is 14.8 Å². The lowest BCUT2D eigenvalue weighted by Gasteiger charge is -2.36. The number of hydrogen-bond donors (Lipinski definition) is 0. The van der Waals surface area contributed by atoms with E-state index < -0.39 is 0 Å². The minimum absolute atomic E-state index is 0.0933. The zero-order valence-corrected chi connectivity index (χ0v) is 17.4. The minimum Gasteiger partial charge on any atom is -0.493 e. The first-order valence-electron chi connectivity index (χ1n) is 10.3. The van der Waals surface area contributed by atoms with Crippen molar-refractivity contribution in [3.8, 4) is 17.0 Å². The van der Waals surface area contributed by atoms with Gasteiger partial charge in [0.05, 0.1) is 24.7 Å². The predicted molar refractivity (Wildman–Crippen MR) is 120 cm³/mol. The molecule has 6 nitrogen and oxygen atoms in total. The zero-order chi connectivity index (χ0) is 20.9. The molecule has 0 saturated carbocycles. The van der Waals surface area contributed by atoms with Crippen molar-refractivity contribution in [1.29, 1.82) is 0 Å². The Morgan fingerprint density at radius 3 is 2.37 bits per heavy atom. The number of carbonyl (C=O) groups excluding carboxylic acids is 1. The summed E-state index contributed by atoms with van der Waals surface area (Å²) in [6.07, 6.45) is 3.61. The Hall–Kier alpha value is -3.41. The number of ether oxygens (including phenoxy) is 1. The van der Waals surface area contributed by atoms with Crippen molar-refractivity contribution in [1.82, 2.24) is 9.97 Å². The molecule has 0 aliphatic carbocycles. The van der Waals surface area contributed by atoms with Gasteiger partial charge in [-0.15, -0.1) is 0 Å². The number of benzene rings is 2. The summed E-state index contributed by atoms with van der Waals surface area (Å²) in [5.74, 6) is 1.80. The summed E-state index contributed by atoms with van der Waals surface area (Å²) in [4.78, 5) is 25.4. The number of ketones is 1. The van der Waals surface area contributed by atoms with Gasteiger partial charge >= 0.3 is 0 Å². The Labute approximate surface area is 177 Å². The second-order valence-corrected chi connectivity index (χ2v) is 7.27. The fraction of sp³-hybridized carbons (Fsp3) is 0.292. The Balaban J connectivity index is 1.47. The van der Waals surface area contributed by atoms with Crippen LogP contribution in [0.4, 0.5) is 11.5 Å². The second-order valence-electron chi connectivity index (χ2n) is 7.27. The van der Waals surface area contributed by atoms with Crippen LogP contribution in [0.1, 0.15) is 24.2 Å². The van der Waals surface area contributed by atoms with E-state index in [4.69, 9.17) is 9.72 Å². The van der Waals surface area contributed by atoms with E-state index >= 15 is 0 Å². The van der Waals surface area contributed by atoms with Crippen molar-refractivity contribution >= 4 is 17.3 Å². The van der Waals surface area contributed by atoms with Gasteiger partial charge in [-0.2, -0.15) is 0 Å². The molecule has 0 atom stereocenters. The van der Waals surface area contributed by atoms with Crippen LogP contribution in [-0.2, 0) is 0 Å². The highest BCUT2D eigenvalue weighted by Crippen LogP contribution is 2.29. The summed E-state index contributed by atoms with van der Waals surface area (Å²) in [7, 11) is 0. The molecule has 6 heteroatoms. The number of nitrogens with zero attached hydrogens (tertiary/aromatic N) is 4. The molecule has 1 aromatic heterocycles. The summed E-state index contributed by atoms with van der Waals surface area (Å²) in [5.41, 5.74) is 3.67. The van der Waals surface area contributed by atoms with Crippen LogP contribution in [0, 0.1) is 0 Å². The first-order chi connectivity index (χ1) is 14.7. The average molecular weight is 402 g/mol. The number of aromatic nitrogens is 2. The van der Waals surface area contributed by atoms with Crippen LogP contribution in [0.3, 0.4) is 0 Å². The quantitative estimate of drug-likeness (QED) is 0.579. The monoisotopic (exact) mass is 402 g/mol. The molecule has 3 aromatic rings. The van der Waals surface area contributed by atoms with Crippen LogP contribution in [0.15, 0.2) is 60.9 Å². The summed E-state index contributed by atoms with van der Waals surface area (Å²) < 4.78 is 5.75. The maximum atomic E-state index is 11.5. The molecule has 1 saturated heterocycles. The van der Waals surface area contributed by atoms with Gasteiger partial charge < -0.3 is 14.5 Å². The standard InChI is InChI=1S/C24H26N4O2/c1-3-30-23-7-5-4-6-21(23)22-16-25-17-24(26-22)28-14-12-27(13-15-28)20-10-8-19(9-11-20)18(2)29/h4-11,16-17H,3,12-15H2,1-2H3. The van der Waals surface area contributed by atoms with E-state index in [0.29, 0.717) is 6.61 Å². The van der Waals surface area contributed by atoms with Crippen LogP contribution in [0.25, 0.3) is 11.3 Å². The number of para-hydroxylation sites is 1. The number of piperazine rings is 1. The van der Waals surface area contributed by atoms with E-state index in [0.717, 1.165) is 60.3 Å². The molecule has 1 aliphatic rings. The molecule has 4 rings (SSSR count).